The molecule has 1 aliphatic heterocycles. The van der Waals surface area contributed by atoms with Gasteiger partial charge in [0.1, 0.15) is 5.69 Å². The maximum absolute atomic E-state index is 13.4. The lowest BCUT2D eigenvalue weighted by Crippen LogP contribution is -2.39. The van der Waals surface area contributed by atoms with Crippen molar-refractivity contribution in [2.45, 2.75) is 55.1 Å². The molecule has 0 radical (unpaired) electrons. The highest BCUT2D eigenvalue weighted by atomic mass is 32.2. The summed E-state index contributed by atoms with van der Waals surface area (Å²) < 4.78 is 101. The molecule has 0 unspecified atom stereocenters. The summed E-state index contributed by atoms with van der Waals surface area (Å²) >= 11 is 0. The van der Waals surface area contributed by atoms with E-state index in [9.17, 15) is 30.0 Å². The minimum absolute atomic E-state index is 0.0535. The molecule has 12 nitrogen and oxygen atoms in total. The third-order valence-corrected chi connectivity index (χ3v) is 10.6. The topological polar surface area (TPSA) is 145 Å². The summed E-state index contributed by atoms with van der Waals surface area (Å²) in [5, 5.41) is 7.21. The van der Waals surface area contributed by atoms with Crippen molar-refractivity contribution in [1.29, 1.82) is 0 Å². The van der Waals surface area contributed by atoms with Gasteiger partial charge in [0, 0.05) is 31.1 Å². The summed E-state index contributed by atoms with van der Waals surface area (Å²) in [5.41, 5.74) is 0.0264. The van der Waals surface area contributed by atoms with Gasteiger partial charge in [-0.05, 0) is 38.0 Å². The Labute approximate surface area is 227 Å². The predicted octanol–water partition coefficient (Wildman–Crippen LogP) is 3.16. The van der Waals surface area contributed by atoms with Crippen LogP contribution in [0.3, 0.4) is 0 Å². The molecule has 5 rings (SSSR count). The Kier molecular flexibility index (Phi) is 6.60. The Hall–Kier alpha value is -3.33. The Morgan fingerprint density at radius 1 is 1.20 bits per heavy atom. The first-order valence-electron chi connectivity index (χ1n) is 12.1. The quantitative estimate of drug-likeness (QED) is 0.408. The SMILES string of the molecule is [C-]#[N+]C1(NS(=O)(=O)c2cc(C3=CCN(S(=O)(=O)C(C)C)CC3)c3c(c2)c(-c2noc(C(F)(F)F)n2)nn3C)CC1. The maximum Gasteiger partial charge on any atom is 0.471 e. The third-order valence-electron chi connectivity index (χ3n) is 6.84. The Morgan fingerprint density at radius 3 is 2.42 bits per heavy atom. The normalized spacial score (nSPS) is 18.2. The molecule has 40 heavy (non-hydrogen) atoms. The van der Waals surface area contributed by atoms with Crippen LogP contribution >= 0.6 is 0 Å². The number of aryl methyl sites for hydroxylation is 1. The fourth-order valence-corrected chi connectivity index (χ4v) is 7.12. The highest BCUT2D eigenvalue weighted by molar-refractivity contribution is 7.89. The van der Waals surface area contributed by atoms with Gasteiger partial charge in [-0.3, -0.25) is 9.53 Å². The molecule has 0 atom stereocenters. The van der Waals surface area contributed by atoms with Gasteiger partial charge in [-0.2, -0.15) is 27.6 Å². The zero-order valence-corrected chi connectivity index (χ0v) is 23.2. The molecule has 1 aromatic carbocycles. The number of sulfonamides is 2. The van der Waals surface area contributed by atoms with Crippen LogP contribution in [0.4, 0.5) is 13.2 Å². The van der Waals surface area contributed by atoms with Crippen molar-refractivity contribution >= 4 is 36.5 Å². The molecule has 0 amide bonds. The van der Waals surface area contributed by atoms with Crippen molar-refractivity contribution < 1.29 is 34.5 Å². The third kappa shape index (κ3) is 4.89. The van der Waals surface area contributed by atoms with Gasteiger partial charge in [0.15, 0.2) is 0 Å². The van der Waals surface area contributed by atoms with E-state index < -0.39 is 48.9 Å². The number of fused-ring (bicyclic) bond motifs is 1. The number of nitrogens with zero attached hydrogens (tertiary/aromatic N) is 6. The first-order valence-corrected chi connectivity index (χ1v) is 15.1. The van der Waals surface area contributed by atoms with Crippen molar-refractivity contribution in [3.63, 3.8) is 0 Å². The summed E-state index contributed by atoms with van der Waals surface area (Å²) in [6.45, 7) is 10.7. The van der Waals surface area contributed by atoms with Crippen LogP contribution in [0.15, 0.2) is 27.6 Å². The van der Waals surface area contributed by atoms with Gasteiger partial charge in [-0.1, -0.05) is 11.2 Å². The van der Waals surface area contributed by atoms with Gasteiger partial charge in [-0.15, -0.1) is 4.72 Å². The summed E-state index contributed by atoms with van der Waals surface area (Å²) in [7, 11) is -6.25. The highest BCUT2D eigenvalue weighted by Gasteiger charge is 2.54. The van der Waals surface area contributed by atoms with Gasteiger partial charge in [0.05, 0.1) is 28.5 Å². The van der Waals surface area contributed by atoms with E-state index in [1.54, 1.807) is 19.9 Å². The van der Waals surface area contributed by atoms with Crippen LogP contribution < -0.4 is 4.72 Å². The van der Waals surface area contributed by atoms with Crippen LogP contribution in [0.25, 0.3) is 32.8 Å². The molecule has 0 bridgehead atoms. The van der Waals surface area contributed by atoms with E-state index in [2.05, 4.69) is 29.3 Å². The smallest absolute Gasteiger partial charge is 0.329 e. The van der Waals surface area contributed by atoms with Crippen molar-refractivity contribution in [2.24, 2.45) is 7.05 Å². The number of rotatable bonds is 7. The molecule has 1 fully saturated rings. The van der Waals surface area contributed by atoms with Crippen LogP contribution in [0.2, 0.25) is 0 Å². The van der Waals surface area contributed by atoms with Crippen molar-refractivity contribution in [2.75, 3.05) is 13.1 Å². The van der Waals surface area contributed by atoms with Gasteiger partial charge in [0.25, 0.3) is 5.66 Å². The second-order valence-corrected chi connectivity index (χ2v) is 14.1. The minimum atomic E-state index is -4.90. The van der Waals surface area contributed by atoms with E-state index in [1.807, 2.05) is 0 Å². The summed E-state index contributed by atoms with van der Waals surface area (Å²) in [5.74, 6) is -2.07. The van der Waals surface area contributed by atoms with Crippen molar-refractivity contribution in [3.05, 3.63) is 41.1 Å². The lowest BCUT2D eigenvalue weighted by atomic mass is 9.97. The largest absolute Gasteiger partial charge is 0.471 e. The average molecular weight is 600 g/mol. The molecule has 2 aliphatic rings. The number of nitrogens with one attached hydrogen (secondary N) is 1. The summed E-state index contributed by atoms with van der Waals surface area (Å²) in [6, 6.07) is 2.64. The van der Waals surface area contributed by atoms with Gasteiger partial charge >= 0.3 is 12.1 Å². The van der Waals surface area contributed by atoms with E-state index in [0.717, 1.165) is 0 Å². The van der Waals surface area contributed by atoms with E-state index in [-0.39, 0.29) is 35.5 Å². The van der Waals surface area contributed by atoms with Crippen LogP contribution in [0.5, 0.6) is 0 Å². The molecular weight excluding hydrogens is 575 g/mol. The fraction of sp³-hybridized carbons (Fsp3) is 0.478. The van der Waals surface area contributed by atoms with Crippen LogP contribution in [0, 0.1) is 6.57 Å². The Balaban J connectivity index is 1.68. The average Bonchev–Trinajstić information content (AvgIpc) is 3.30. The van der Waals surface area contributed by atoms with E-state index in [4.69, 9.17) is 6.57 Å². The fourth-order valence-electron chi connectivity index (χ4n) is 4.48. The number of benzene rings is 1. The number of alkyl halides is 3. The van der Waals surface area contributed by atoms with Crippen LogP contribution in [-0.2, 0) is 33.3 Å². The zero-order chi connectivity index (χ0) is 29.3. The summed E-state index contributed by atoms with van der Waals surface area (Å²) in [6.07, 6.45) is -2.29. The number of aromatic nitrogens is 4. The van der Waals surface area contributed by atoms with E-state index in [1.165, 1.54) is 28.2 Å². The lowest BCUT2D eigenvalue weighted by Gasteiger charge is -2.28. The number of hydrogen-bond acceptors (Lipinski definition) is 8. The minimum Gasteiger partial charge on any atom is -0.329 e. The first-order chi connectivity index (χ1) is 18.6. The molecule has 214 valence electrons. The molecule has 0 saturated heterocycles. The maximum atomic E-state index is 13.4. The highest BCUT2D eigenvalue weighted by Crippen LogP contribution is 2.40. The van der Waals surface area contributed by atoms with Crippen molar-refractivity contribution in [1.82, 2.24) is 28.9 Å². The lowest BCUT2D eigenvalue weighted by molar-refractivity contribution is -0.159. The molecule has 0 spiro atoms. The van der Waals surface area contributed by atoms with Gasteiger partial charge in [-0.25, -0.2) is 23.4 Å². The Bertz CT molecular complexity index is 1800. The van der Waals surface area contributed by atoms with Crippen LogP contribution in [-0.4, -0.2) is 65.1 Å². The first kappa shape index (κ1) is 28.2. The molecule has 2 aromatic heterocycles. The van der Waals surface area contributed by atoms with Crippen molar-refractivity contribution in [3.8, 4) is 11.5 Å². The molecule has 1 aliphatic carbocycles. The molecule has 1 N–H and O–H groups in total. The molecule has 3 heterocycles. The van der Waals surface area contributed by atoms with E-state index in [0.29, 0.717) is 29.5 Å². The second kappa shape index (κ2) is 9.36. The Morgan fingerprint density at radius 2 is 1.90 bits per heavy atom. The standard InChI is InChI=1S/C23H24F3N7O5S2/c1-13(2)40(36,37)33-9-5-14(6-10-33)16-11-15(39(34,35)31-22(27-3)7-8-22)12-17-18(29-32(4)19(16)17)20-28-21(38-30-20)23(24,25)26/h5,11-13,31H,6-10H2,1-2,4H3. The van der Waals surface area contributed by atoms with Gasteiger partial charge in [0.2, 0.25) is 25.9 Å². The molecule has 3 aromatic rings. The summed E-state index contributed by atoms with van der Waals surface area (Å²) in [4.78, 5) is 6.56. The number of halogens is 3. The molecular formula is C23H24F3N7O5S2. The van der Waals surface area contributed by atoms with E-state index >= 15 is 0 Å². The monoisotopic (exact) mass is 599 g/mol. The number of hydrogen-bond donors (Lipinski definition) is 1. The molecule has 17 heteroatoms. The second-order valence-electron chi connectivity index (χ2n) is 9.94. The predicted molar refractivity (Wildman–Crippen MR) is 136 cm³/mol. The molecule has 1 saturated carbocycles. The zero-order valence-electron chi connectivity index (χ0n) is 21.5. The van der Waals surface area contributed by atoms with Crippen LogP contribution in [0.1, 0.15) is 44.6 Å². The van der Waals surface area contributed by atoms with Gasteiger partial charge < -0.3 is 4.52 Å².